The van der Waals surface area contributed by atoms with Crippen molar-refractivity contribution in [2.45, 2.75) is 77.2 Å². The van der Waals surface area contributed by atoms with Crippen LogP contribution in [0.25, 0.3) is 0 Å². The Labute approximate surface area is 249 Å². The molecule has 4 aliphatic heterocycles. The van der Waals surface area contributed by atoms with Crippen molar-refractivity contribution in [2.75, 3.05) is 0 Å². The summed E-state index contributed by atoms with van der Waals surface area (Å²) in [5, 5.41) is 0. The molecular formula is C36H33BrO4. The van der Waals surface area contributed by atoms with Crippen molar-refractivity contribution in [1.82, 2.24) is 0 Å². The first-order valence-corrected chi connectivity index (χ1v) is 15.1. The number of halogens is 1. The van der Waals surface area contributed by atoms with Crippen LogP contribution in [0.3, 0.4) is 0 Å². The molecule has 0 radical (unpaired) electrons. The van der Waals surface area contributed by atoms with E-state index in [1.165, 1.54) is 27.8 Å². The number of benzene rings is 4. The minimum atomic E-state index is -1.50. The van der Waals surface area contributed by atoms with Crippen LogP contribution in [0, 0.1) is 55.4 Å². The molecule has 4 aromatic carbocycles. The SMILES string of the molecule is Cc1cc2c(cc1C)C1(Br)c3cc(C)c(C)cc3OC34Oc5cc(C)c(C)cc5C3(c3cc(C)c(C)cc3O4)[C@H]1O2. The highest BCUT2D eigenvalue weighted by Gasteiger charge is 2.81. The van der Waals surface area contributed by atoms with E-state index >= 15 is 0 Å². The molecule has 0 amide bonds. The lowest BCUT2D eigenvalue weighted by atomic mass is 9.64. The van der Waals surface area contributed by atoms with E-state index in [-0.39, 0.29) is 0 Å². The standard InChI is InChI=1S/C36H33BrO4/c1-17-9-25-30(14-22(17)6)39-36-34(25,26-10-18(2)23(7)15-31(26)40-36)33-35(37,27-11-19(3)21(5)13-29(27)38-33)28-12-20(4)24(8)16-32(28)41-36/h9-16,33H,1-8H3/t33-,34?,35?,36?/m1/s1. The summed E-state index contributed by atoms with van der Waals surface area (Å²) in [6.07, 6.45) is -0.485. The summed E-state index contributed by atoms with van der Waals surface area (Å²) in [5.74, 6) is 1.64. The van der Waals surface area contributed by atoms with E-state index in [1.807, 2.05) is 0 Å². The van der Waals surface area contributed by atoms with Gasteiger partial charge in [0, 0.05) is 22.3 Å². The predicted octanol–water partition coefficient (Wildman–Crippen LogP) is 8.37. The van der Waals surface area contributed by atoms with E-state index < -0.39 is 21.8 Å². The molecule has 4 aliphatic rings. The molecule has 4 aromatic rings. The minimum absolute atomic E-state index is 0.485. The molecule has 1 unspecified atom stereocenters. The summed E-state index contributed by atoms with van der Waals surface area (Å²) in [5.41, 5.74) is 12.7. The lowest BCUT2D eigenvalue weighted by molar-refractivity contribution is -0.268. The fraction of sp³-hybridized carbons (Fsp3) is 0.333. The van der Waals surface area contributed by atoms with Gasteiger partial charge in [-0.2, -0.15) is 0 Å². The summed E-state index contributed by atoms with van der Waals surface area (Å²) >= 11 is 4.41. The van der Waals surface area contributed by atoms with Crippen LogP contribution in [0.2, 0.25) is 0 Å². The highest BCUT2D eigenvalue weighted by Crippen LogP contribution is 2.71. The van der Waals surface area contributed by atoms with Gasteiger partial charge in [0.15, 0.2) is 5.41 Å². The molecule has 0 aliphatic carbocycles. The minimum Gasteiger partial charge on any atom is -0.486 e. The maximum Gasteiger partial charge on any atom is 0.436 e. The van der Waals surface area contributed by atoms with E-state index in [1.54, 1.807) is 0 Å². The van der Waals surface area contributed by atoms with Crippen molar-refractivity contribution in [2.24, 2.45) is 0 Å². The highest BCUT2D eigenvalue weighted by atomic mass is 79.9. The molecule has 0 bridgehead atoms. The maximum absolute atomic E-state index is 7.24. The first kappa shape index (κ1) is 25.3. The van der Waals surface area contributed by atoms with Crippen molar-refractivity contribution in [3.05, 3.63) is 115 Å². The van der Waals surface area contributed by atoms with Gasteiger partial charge in [0.05, 0.1) is 0 Å². The zero-order chi connectivity index (χ0) is 28.8. The monoisotopic (exact) mass is 608 g/mol. The van der Waals surface area contributed by atoms with Crippen LogP contribution in [0.5, 0.6) is 23.0 Å². The molecule has 5 heteroatoms. The lowest BCUT2D eigenvalue weighted by Gasteiger charge is -2.41. The zero-order valence-electron chi connectivity index (χ0n) is 24.7. The second-order valence-corrected chi connectivity index (χ2v) is 13.9. The third-order valence-electron chi connectivity index (χ3n) is 10.2. The third-order valence-corrected chi connectivity index (χ3v) is 11.5. The molecule has 0 saturated heterocycles. The van der Waals surface area contributed by atoms with Crippen LogP contribution in [-0.4, -0.2) is 12.1 Å². The number of aryl methyl sites for hydroxylation is 8. The molecule has 0 spiro atoms. The van der Waals surface area contributed by atoms with Crippen LogP contribution in [0.4, 0.5) is 0 Å². The molecule has 2 atom stereocenters. The van der Waals surface area contributed by atoms with Gasteiger partial charge in [-0.1, -0.05) is 40.2 Å². The van der Waals surface area contributed by atoms with Crippen molar-refractivity contribution in [1.29, 1.82) is 0 Å². The van der Waals surface area contributed by atoms with E-state index in [9.17, 15) is 0 Å². The molecular weight excluding hydrogens is 576 g/mol. The first-order chi connectivity index (χ1) is 19.4. The van der Waals surface area contributed by atoms with Gasteiger partial charge in [0.25, 0.3) is 0 Å². The van der Waals surface area contributed by atoms with Crippen LogP contribution in [-0.2, 0) is 9.74 Å². The Balaban J connectivity index is 1.57. The number of hydrogen-bond donors (Lipinski definition) is 0. The van der Waals surface area contributed by atoms with E-state index in [0.717, 1.165) is 61.9 Å². The molecule has 4 nitrogen and oxygen atoms in total. The average molecular weight is 610 g/mol. The smallest absolute Gasteiger partial charge is 0.436 e. The quantitative estimate of drug-likeness (QED) is 0.188. The van der Waals surface area contributed by atoms with Crippen molar-refractivity contribution >= 4 is 15.9 Å². The van der Waals surface area contributed by atoms with Gasteiger partial charge in [-0.05, 0) is 124 Å². The van der Waals surface area contributed by atoms with Crippen LogP contribution < -0.4 is 18.9 Å². The fourth-order valence-corrected chi connectivity index (χ4v) is 8.43. The van der Waals surface area contributed by atoms with Gasteiger partial charge < -0.3 is 18.9 Å². The predicted molar refractivity (Wildman–Crippen MR) is 163 cm³/mol. The summed E-state index contributed by atoms with van der Waals surface area (Å²) in [6.45, 7) is 17.1. The highest BCUT2D eigenvalue weighted by molar-refractivity contribution is 9.09. The molecule has 0 saturated carbocycles. The topological polar surface area (TPSA) is 36.9 Å². The van der Waals surface area contributed by atoms with Crippen molar-refractivity contribution in [3.8, 4) is 23.0 Å². The van der Waals surface area contributed by atoms with Gasteiger partial charge in [-0.3, -0.25) is 0 Å². The first-order valence-electron chi connectivity index (χ1n) is 14.3. The van der Waals surface area contributed by atoms with E-state index in [2.05, 4.69) is 120 Å². The second kappa shape index (κ2) is 7.69. The van der Waals surface area contributed by atoms with Crippen LogP contribution >= 0.6 is 15.9 Å². The van der Waals surface area contributed by atoms with E-state index in [4.69, 9.17) is 18.9 Å². The summed E-state index contributed by atoms with van der Waals surface area (Å²) in [4.78, 5) is 0. The molecule has 0 fully saturated rings. The van der Waals surface area contributed by atoms with Crippen LogP contribution in [0.1, 0.15) is 66.8 Å². The van der Waals surface area contributed by atoms with Gasteiger partial charge in [0.1, 0.15) is 33.4 Å². The molecule has 0 N–H and O–H groups in total. The Hall–Kier alpha value is -3.44. The maximum atomic E-state index is 7.24. The van der Waals surface area contributed by atoms with Crippen LogP contribution in [0.15, 0.2) is 48.5 Å². The molecule has 208 valence electrons. The van der Waals surface area contributed by atoms with Crippen molar-refractivity contribution in [3.63, 3.8) is 0 Å². The number of ether oxygens (including phenoxy) is 4. The Kier molecular flexibility index (Phi) is 4.74. The molecule has 8 rings (SSSR count). The summed E-state index contributed by atoms with van der Waals surface area (Å²) in [6, 6.07) is 17.6. The Morgan fingerprint density at radius 1 is 0.463 bits per heavy atom. The number of alkyl halides is 1. The largest absolute Gasteiger partial charge is 0.486 e. The molecule has 4 heterocycles. The number of fused-ring (bicyclic) bond motifs is 7. The van der Waals surface area contributed by atoms with Gasteiger partial charge in [0.2, 0.25) is 0 Å². The summed E-state index contributed by atoms with van der Waals surface area (Å²) in [7, 11) is 0. The lowest BCUT2D eigenvalue weighted by Crippen LogP contribution is -2.64. The zero-order valence-corrected chi connectivity index (χ0v) is 26.3. The Morgan fingerprint density at radius 3 is 1.22 bits per heavy atom. The fourth-order valence-electron chi connectivity index (χ4n) is 7.37. The number of hydrogen-bond acceptors (Lipinski definition) is 4. The van der Waals surface area contributed by atoms with Crippen molar-refractivity contribution < 1.29 is 18.9 Å². The van der Waals surface area contributed by atoms with Gasteiger partial charge >= 0.3 is 5.97 Å². The average Bonchev–Trinajstić information content (AvgIpc) is 3.41. The normalized spacial score (nSPS) is 27.5. The Morgan fingerprint density at radius 2 is 0.780 bits per heavy atom. The van der Waals surface area contributed by atoms with E-state index in [0.29, 0.717) is 0 Å². The molecule has 0 aromatic heterocycles. The summed E-state index contributed by atoms with van der Waals surface area (Å²) < 4.78 is 27.6. The Bertz CT molecular complexity index is 1810. The second-order valence-electron chi connectivity index (χ2n) is 12.6. The number of rotatable bonds is 0. The third kappa shape index (κ3) is 2.81. The van der Waals surface area contributed by atoms with Gasteiger partial charge in [-0.15, -0.1) is 0 Å². The van der Waals surface area contributed by atoms with Gasteiger partial charge in [-0.25, -0.2) is 0 Å². The molecule has 41 heavy (non-hydrogen) atoms.